The third-order valence-corrected chi connectivity index (χ3v) is 4.53. The van der Waals surface area contributed by atoms with Crippen LogP contribution in [-0.2, 0) is 9.84 Å². The molecule has 0 atom stereocenters. The molecule has 0 saturated heterocycles. The predicted octanol–water partition coefficient (Wildman–Crippen LogP) is 0.436. The number of rotatable bonds is 4. The maximum Gasteiger partial charge on any atom is 0.153 e. The van der Waals surface area contributed by atoms with Gasteiger partial charge in [-0.05, 0) is 13.8 Å². The molecular formula is C6H14N2O2S2. The van der Waals surface area contributed by atoms with E-state index in [4.69, 9.17) is 11.1 Å². The van der Waals surface area contributed by atoms with Crippen molar-refractivity contribution in [1.82, 2.24) is 0 Å². The zero-order chi connectivity index (χ0) is 9.78. The van der Waals surface area contributed by atoms with E-state index in [-0.39, 0.29) is 16.2 Å². The van der Waals surface area contributed by atoms with Crippen LogP contribution in [0.4, 0.5) is 0 Å². The molecule has 0 amide bonds. The van der Waals surface area contributed by atoms with Crippen LogP contribution >= 0.6 is 11.8 Å². The van der Waals surface area contributed by atoms with Crippen LogP contribution in [0.25, 0.3) is 0 Å². The number of nitrogens with one attached hydrogen (secondary N) is 1. The standard InChI is InChI=1S/C6H14N2O2S2/c1-5(2)12(9,10)4-3-11-6(7)8/h5H,3-4H2,1-2H3,(H3,7,8). The van der Waals surface area contributed by atoms with Gasteiger partial charge < -0.3 is 5.73 Å². The van der Waals surface area contributed by atoms with E-state index in [0.29, 0.717) is 5.75 Å². The lowest BCUT2D eigenvalue weighted by molar-refractivity contribution is 0.589. The Morgan fingerprint density at radius 3 is 2.42 bits per heavy atom. The Morgan fingerprint density at radius 1 is 1.58 bits per heavy atom. The second-order valence-electron chi connectivity index (χ2n) is 2.63. The lowest BCUT2D eigenvalue weighted by atomic mass is 10.6. The smallest absolute Gasteiger partial charge is 0.153 e. The first kappa shape index (κ1) is 11.8. The van der Waals surface area contributed by atoms with E-state index in [1.165, 1.54) is 0 Å². The zero-order valence-electron chi connectivity index (χ0n) is 7.20. The highest BCUT2D eigenvalue weighted by Gasteiger charge is 2.15. The molecule has 0 rings (SSSR count). The van der Waals surface area contributed by atoms with Crippen molar-refractivity contribution in [2.45, 2.75) is 19.1 Å². The molecule has 0 unspecified atom stereocenters. The van der Waals surface area contributed by atoms with Gasteiger partial charge in [-0.25, -0.2) is 8.42 Å². The summed E-state index contributed by atoms with van der Waals surface area (Å²) in [7, 11) is -2.97. The van der Waals surface area contributed by atoms with E-state index in [1.54, 1.807) is 13.8 Å². The first-order valence-corrected chi connectivity index (χ1v) is 6.24. The van der Waals surface area contributed by atoms with E-state index in [1.807, 2.05) is 0 Å². The van der Waals surface area contributed by atoms with Crippen molar-refractivity contribution in [2.75, 3.05) is 11.5 Å². The van der Waals surface area contributed by atoms with Crippen LogP contribution in [0.5, 0.6) is 0 Å². The third kappa shape index (κ3) is 4.61. The molecule has 0 aromatic heterocycles. The van der Waals surface area contributed by atoms with Crippen molar-refractivity contribution in [1.29, 1.82) is 5.41 Å². The van der Waals surface area contributed by atoms with E-state index in [2.05, 4.69) is 0 Å². The summed E-state index contributed by atoms with van der Waals surface area (Å²) in [6.45, 7) is 3.29. The molecule has 0 aliphatic heterocycles. The fraction of sp³-hybridized carbons (Fsp3) is 0.833. The number of amidine groups is 1. The van der Waals surface area contributed by atoms with Gasteiger partial charge in [0.2, 0.25) is 0 Å². The van der Waals surface area contributed by atoms with Crippen LogP contribution < -0.4 is 5.73 Å². The largest absolute Gasteiger partial charge is 0.379 e. The lowest BCUT2D eigenvalue weighted by Gasteiger charge is -2.05. The van der Waals surface area contributed by atoms with Gasteiger partial charge in [-0.15, -0.1) is 0 Å². The van der Waals surface area contributed by atoms with Gasteiger partial charge in [-0.1, -0.05) is 11.8 Å². The van der Waals surface area contributed by atoms with Crippen molar-refractivity contribution in [3.05, 3.63) is 0 Å². The Bertz CT molecular complexity index is 246. The van der Waals surface area contributed by atoms with Gasteiger partial charge in [0.25, 0.3) is 0 Å². The zero-order valence-corrected chi connectivity index (χ0v) is 8.83. The molecule has 0 aliphatic carbocycles. The number of sulfone groups is 1. The van der Waals surface area contributed by atoms with Crippen molar-refractivity contribution in [3.63, 3.8) is 0 Å². The highest BCUT2D eigenvalue weighted by Crippen LogP contribution is 2.05. The molecule has 12 heavy (non-hydrogen) atoms. The quantitative estimate of drug-likeness (QED) is 0.521. The van der Waals surface area contributed by atoms with Crippen molar-refractivity contribution in [2.24, 2.45) is 5.73 Å². The number of thioether (sulfide) groups is 1. The Labute approximate surface area is 77.3 Å². The number of hydrogen-bond acceptors (Lipinski definition) is 4. The first-order valence-electron chi connectivity index (χ1n) is 3.54. The minimum Gasteiger partial charge on any atom is -0.379 e. The van der Waals surface area contributed by atoms with Crippen molar-refractivity contribution in [3.8, 4) is 0 Å². The molecule has 72 valence electrons. The predicted molar refractivity (Wildman–Crippen MR) is 53.3 cm³/mol. The molecular weight excluding hydrogens is 196 g/mol. The van der Waals surface area contributed by atoms with Gasteiger partial charge in [0.05, 0.1) is 11.0 Å². The summed E-state index contributed by atoms with van der Waals surface area (Å²) in [6.07, 6.45) is 0. The molecule has 0 bridgehead atoms. The average molecular weight is 210 g/mol. The minimum atomic E-state index is -2.97. The SMILES string of the molecule is CC(C)S(=O)(=O)CCSC(=N)N. The monoisotopic (exact) mass is 210 g/mol. The molecule has 0 fully saturated rings. The van der Waals surface area contributed by atoms with E-state index < -0.39 is 9.84 Å². The van der Waals surface area contributed by atoms with E-state index >= 15 is 0 Å². The maximum atomic E-state index is 11.2. The third-order valence-electron chi connectivity index (χ3n) is 1.34. The maximum absolute atomic E-state index is 11.2. The van der Waals surface area contributed by atoms with E-state index in [0.717, 1.165) is 11.8 Å². The Balaban J connectivity index is 3.86. The molecule has 3 N–H and O–H groups in total. The van der Waals surface area contributed by atoms with Gasteiger partial charge in [-0.2, -0.15) is 0 Å². The van der Waals surface area contributed by atoms with Gasteiger partial charge >= 0.3 is 0 Å². The fourth-order valence-corrected chi connectivity index (χ4v) is 2.46. The molecule has 0 saturated carbocycles. The summed E-state index contributed by atoms with van der Waals surface area (Å²) in [5.41, 5.74) is 5.05. The number of hydrogen-bond donors (Lipinski definition) is 2. The van der Waals surface area contributed by atoms with Gasteiger partial charge in [-0.3, -0.25) is 5.41 Å². The summed E-state index contributed by atoms with van der Waals surface area (Å²) < 4.78 is 22.4. The summed E-state index contributed by atoms with van der Waals surface area (Å²) in [5.74, 6) is 0.463. The Hall–Kier alpha value is -0.230. The molecule has 0 aliphatic rings. The molecule has 4 nitrogen and oxygen atoms in total. The van der Waals surface area contributed by atoms with Gasteiger partial charge in [0.15, 0.2) is 15.0 Å². The second-order valence-corrected chi connectivity index (χ2v) is 6.44. The number of nitrogens with two attached hydrogens (primary N) is 1. The van der Waals surface area contributed by atoms with Gasteiger partial charge in [0, 0.05) is 5.75 Å². The molecule has 0 aromatic carbocycles. The van der Waals surface area contributed by atoms with Crippen LogP contribution in [0.3, 0.4) is 0 Å². The van der Waals surface area contributed by atoms with Crippen molar-refractivity contribution >= 4 is 26.8 Å². The lowest BCUT2D eigenvalue weighted by Crippen LogP contribution is -2.20. The molecule has 0 heterocycles. The second kappa shape index (κ2) is 4.71. The van der Waals surface area contributed by atoms with Crippen LogP contribution in [0.2, 0.25) is 0 Å². The van der Waals surface area contributed by atoms with E-state index in [9.17, 15) is 8.42 Å². The summed E-state index contributed by atoms with van der Waals surface area (Å²) in [6, 6.07) is 0. The Kier molecular flexibility index (Phi) is 4.62. The van der Waals surface area contributed by atoms with Gasteiger partial charge in [0.1, 0.15) is 0 Å². The minimum absolute atomic E-state index is 0.0334. The highest BCUT2D eigenvalue weighted by atomic mass is 32.2. The molecule has 0 aromatic rings. The highest BCUT2D eigenvalue weighted by molar-refractivity contribution is 8.14. The fourth-order valence-electron chi connectivity index (χ4n) is 0.503. The molecule has 0 radical (unpaired) electrons. The Morgan fingerprint density at radius 2 is 2.08 bits per heavy atom. The van der Waals surface area contributed by atoms with Crippen LogP contribution in [0.15, 0.2) is 0 Å². The van der Waals surface area contributed by atoms with Crippen LogP contribution in [-0.4, -0.2) is 30.3 Å². The average Bonchev–Trinajstić information content (AvgIpc) is 1.85. The van der Waals surface area contributed by atoms with Crippen LogP contribution in [0.1, 0.15) is 13.8 Å². The summed E-state index contributed by atoms with van der Waals surface area (Å²) in [4.78, 5) is 0. The molecule has 6 heteroatoms. The first-order chi connectivity index (χ1) is 5.36. The normalized spacial score (nSPS) is 11.9. The summed E-state index contributed by atoms with van der Waals surface area (Å²) >= 11 is 1.06. The summed E-state index contributed by atoms with van der Waals surface area (Å²) in [5, 5.41) is 6.48. The van der Waals surface area contributed by atoms with Crippen LogP contribution in [0, 0.1) is 5.41 Å². The molecule has 0 spiro atoms. The topological polar surface area (TPSA) is 84.0 Å². The van der Waals surface area contributed by atoms with Crippen molar-refractivity contribution < 1.29 is 8.42 Å².